The van der Waals surface area contributed by atoms with Gasteiger partial charge in [0.15, 0.2) is 0 Å². The Morgan fingerprint density at radius 3 is 2.02 bits per heavy atom. The summed E-state index contributed by atoms with van der Waals surface area (Å²) in [5, 5.41) is 11.5. The van der Waals surface area contributed by atoms with Gasteiger partial charge in [-0.05, 0) is 147 Å². The van der Waals surface area contributed by atoms with Gasteiger partial charge in [0.05, 0.1) is 5.75 Å². The molecule has 0 saturated carbocycles. The third-order valence-electron chi connectivity index (χ3n) is 10.1. The molecule has 6 N–H and O–H groups in total. The number of carbonyl (C=O) groups is 2. The van der Waals surface area contributed by atoms with Crippen LogP contribution in [0.25, 0.3) is 0 Å². The van der Waals surface area contributed by atoms with Gasteiger partial charge in [0.25, 0.3) is 0 Å². The Kier molecular flexibility index (Phi) is 9.58. The zero-order valence-corrected chi connectivity index (χ0v) is 29.0. The fraction of sp³-hybridized carbons (Fsp3) is 0.576. The molecule has 0 aromatic heterocycles. The molecule has 0 radical (unpaired) electrons. The zero-order valence-electron chi connectivity index (χ0n) is 27.3. The third kappa shape index (κ3) is 7.15. The number of urea groups is 2. The summed E-state index contributed by atoms with van der Waals surface area (Å²) in [6.07, 6.45) is 8.79. The number of amides is 4. The van der Waals surface area contributed by atoms with Crippen LogP contribution in [0.2, 0.25) is 0 Å². The number of hydrogen-bond acceptors (Lipinski definition) is 8. The quantitative estimate of drug-likeness (QED) is 0.209. The van der Waals surface area contributed by atoms with Crippen LogP contribution in [0, 0.1) is 11.8 Å². The van der Waals surface area contributed by atoms with Crippen LogP contribution in [-0.4, -0.2) is 61.2 Å². The number of nitrogens with one attached hydrogen (secondary N) is 6. The predicted octanol–water partition coefficient (Wildman–Crippen LogP) is 3.04. The first-order valence-electron chi connectivity index (χ1n) is 16.6. The molecular formula is C33H46N6O6S2. The van der Waals surface area contributed by atoms with Crippen molar-refractivity contribution in [3.05, 3.63) is 56.6 Å². The summed E-state index contributed by atoms with van der Waals surface area (Å²) in [5.74, 6) is -0.337. The first kappa shape index (κ1) is 33.7. The Hall–Kier alpha value is -3.20. The second-order valence-corrected chi connectivity index (χ2v) is 17.2. The molecule has 4 aliphatic carbocycles. The highest BCUT2D eigenvalue weighted by Gasteiger charge is 2.40. The molecule has 4 aliphatic rings. The van der Waals surface area contributed by atoms with Crippen molar-refractivity contribution in [3.8, 4) is 0 Å². The second-order valence-electron chi connectivity index (χ2n) is 13.7. The Labute approximate surface area is 277 Å². The van der Waals surface area contributed by atoms with Gasteiger partial charge in [-0.25, -0.2) is 35.9 Å². The van der Waals surface area contributed by atoms with Crippen molar-refractivity contribution in [2.75, 3.05) is 42.9 Å². The minimum Gasteiger partial charge on any atom is -0.319 e. The molecule has 0 heterocycles. The monoisotopic (exact) mass is 686 g/mol. The van der Waals surface area contributed by atoms with E-state index in [1.807, 2.05) is 6.92 Å². The first-order valence-corrected chi connectivity index (χ1v) is 19.9. The number of carbonyl (C=O) groups excluding carboxylic acids is 2. The van der Waals surface area contributed by atoms with E-state index in [0.29, 0.717) is 13.0 Å². The molecule has 0 fully saturated rings. The third-order valence-corrected chi connectivity index (χ3v) is 12.8. The number of sulfonamides is 2. The van der Waals surface area contributed by atoms with E-state index in [0.717, 1.165) is 91.4 Å². The summed E-state index contributed by atoms with van der Waals surface area (Å²) in [6, 6.07) is 3.06. The molecule has 6 rings (SSSR count). The number of aryl methyl sites for hydroxylation is 3. The van der Waals surface area contributed by atoms with Crippen molar-refractivity contribution in [1.29, 1.82) is 0 Å². The fourth-order valence-electron chi connectivity index (χ4n) is 8.45. The maximum Gasteiger partial charge on any atom is 0.332 e. The molecule has 3 atom stereocenters. The highest BCUT2D eigenvalue weighted by molar-refractivity contribution is 7.90. The van der Waals surface area contributed by atoms with E-state index in [2.05, 4.69) is 42.8 Å². The molecule has 256 valence electrons. The van der Waals surface area contributed by atoms with Crippen molar-refractivity contribution < 1.29 is 26.4 Å². The Morgan fingerprint density at radius 1 is 0.745 bits per heavy atom. The van der Waals surface area contributed by atoms with E-state index in [9.17, 15) is 26.4 Å². The Balaban J connectivity index is 1.27. The lowest BCUT2D eigenvalue weighted by atomic mass is 9.83. The van der Waals surface area contributed by atoms with Crippen LogP contribution in [0.5, 0.6) is 0 Å². The highest BCUT2D eigenvalue weighted by Crippen LogP contribution is 2.51. The van der Waals surface area contributed by atoms with Crippen molar-refractivity contribution in [2.45, 2.75) is 77.0 Å². The largest absolute Gasteiger partial charge is 0.332 e. The summed E-state index contributed by atoms with van der Waals surface area (Å²) in [5.41, 5.74) is 10.7. The van der Waals surface area contributed by atoms with E-state index >= 15 is 0 Å². The fourth-order valence-corrected chi connectivity index (χ4v) is 10.5. The van der Waals surface area contributed by atoms with Gasteiger partial charge in [0, 0.05) is 11.4 Å². The minimum atomic E-state index is -3.84. The van der Waals surface area contributed by atoms with E-state index < -0.39 is 32.1 Å². The summed E-state index contributed by atoms with van der Waals surface area (Å²) < 4.78 is 54.5. The number of benzene rings is 2. The SMILES string of the molecule is CNCC(C)CS(=O)(=O)NC(=O)Nc1c2c(cc3c1CC(C1CCc4cc5c(c(NC(=O)NS(=O)(=O)CNC)c41)CCC5)C3)CCC2. The Bertz CT molecular complexity index is 1810. The average Bonchev–Trinajstić information content (AvgIpc) is 3.77. The molecule has 0 saturated heterocycles. The molecule has 14 heteroatoms. The van der Waals surface area contributed by atoms with Gasteiger partial charge in [0.1, 0.15) is 5.88 Å². The van der Waals surface area contributed by atoms with Gasteiger partial charge >= 0.3 is 12.1 Å². The predicted molar refractivity (Wildman–Crippen MR) is 183 cm³/mol. The first-order chi connectivity index (χ1) is 22.4. The number of anilines is 2. The summed E-state index contributed by atoms with van der Waals surface area (Å²) in [6.45, 7) is 2.34. The van der Waals surface area contributed by atoms with Crippen LogP contribution in [0.15, 0.2) is 12.1 Å². The van der Waals surface area contributed by atoms with Crippen LogP contribution in [0.3, 0.4) is 0 Å². The van der Waals surface area contributed by atoms with Gasteiger partial charge in [-0.3, -0.25) is 0 Å². The minimum absolute atomic E-state index is 0.137. The maximum absolute atomic E-state index is 13.2. The smallest absolute Gasteiger partial charge is 0.319 e. The molecule has 0 bridgehead atoms. The molecule has 2 aromatic carbocycles. The van der Waals surface area contributed by atoms with Crippen LogP contribution in [0.1, 0.15) is 76.6 Å². The van der Waals surface area contributed by atoms with Crippen molar-refractivity contribution in [2.24, 2.45) is 11.8 Å². The topological polar surface area (TPSA) is 175 Å². The molecule has 47 heavy (non-hydrogen) atoms. The number of fused-ring (bicyclic) bond motifs is 4. The van der Waals surface area contributed by atoms with Crippen LogP contribution in [0.4, 0.5) is 21.0 Å². The maximum atomic E-state index is 13.2. The number of rotatable bonds is 11. The van der Waals surface area contributed by atoms with E-state index in [1.54, 1.807) is 7.05 Å². The lowest BCUT2D eigenvalue weighted by Gasteiger charge is -2.24. The molecule has 12 nitrogen and oxygen atoms in total. The van der Waals surface area contributed by atoms with E-state index in [1.165, 1.54) is 29.3 Å². The molecule has 2 aromatic rings. The highest BCUT2D eigenvalue weighted by atomic mass is 32.2. The standard InChI is InChI=1S/C33H46N6O6S2/c1-19(16-34-2)17-46(42,43)38-32(40)36-30-26-8-4-7-21(26)13-23-14-24(15-28(23)30)25-11-10-22-12-20-6-5-9-27(20)31(29(22)25)37-33(41)39-47(44,45)18-35-3/h12-13,19,24-25,34-35H,4-11,14-18H2,1-3H3,(H2,36,38,40)(H2,37,39,41). The van der Waals surface area contributed by atoms with Crippen LogP contribution < -0.4 is 30.7 Å². The van der Waals surface area contributed by atoms with Crippen molar-refractivity contribution in [3.63, 3.8) is 0 Å². The molecule has 0 spiro atoms. The van der Waals surface area contributed by atoms with Gasteiger partial charge in [-0.1, -0.05) is 19.1 Å². The normalized spacial score (nSPS) is 20.2. The van der Waals surface area contributed by atoms with Crippen LogP contribution in [-0.2, 0) is 65.0 Å². The van der Waals surface area contributed by atoms with Crippen molar-refractivity contribution in [1.82, 2.24) is 20.1 Å². The lowest BCUT2D eigenvalue weighted by molar-refractivity contribution is 0.255. The van der Waals surface area contributed by atoms with Gasteiger partial charge in [0.2, 0.25) is 20.0 Å². The summed E-state index contributed by atoms with van der Waals surface area (Å²) in [4.78, 5) is 26.2. The summed E-state index contributed by atoms with van der Waals surface area (Å²) >= 11 is 0. The summed E-state index contributed by atoms with van der Waals surface area (Å²) in [7, 11) is -4.39. The average molecular weight is 687 g/mol. The molecule has 0 aliphatic heterocycles. The van der Waals surface area contributed by atoms with Gasteiger partial charge in [-0.15, -0.1) is 0 Å². The van der Waals surface area contributed by atoms with E-state index in [4.69, 9.17) is 0 Å². The van der Waals surface area contributed by atoms with Gasteiger partial charge < -0.3 is 21.3 Å². The van der Waals surface area contributed by atoms with Gasteiger partial charge in [-0.2, -0.15) is 0 Å². The van der Waals surface area contributed by atoms with Crippen molar-refractivity contribution >= 4 is 43.5 Å². The molecule has 4 amide bonds. The Morgan fingerprint density at radius 2 is 1.36 bits per heavy atom. The van der Waals surface area contributed by atoms with Crippen LogP contribution >= 0.6 is 0 Å². The lowest BCUT2D eigenvalue weighted by Crippen LogP contribution is -2.39. The second kappa shape index (κ2) is 13.4. The molecule has 3 unspecified atom stereocenters. The molecular weight excluding hydrogens is 641 g/mol. The van der Waals surface area contributed by atoms with E-state index in [-0.39, 0.29) is 29.4 Å². The zero-order chi connectivity index (χ0) is 33.5. The number of hydrogen-bond donors (Lipinski definition) is 6.